The summed E-state index contributed by atoms with van der Waals surface area (Å²) in [5, 5.41) is 0. The van der Waals surface area contributed by atoms with Gasteiger partial charge >= 0.3 is 0 Å². The molecule has 0 bridgehead atoms. The molecule has 2 heterocycles. The van der Waals surface area contributed by atoms with E-state index in [9.17, 15) is 0 Å². The van der Waals surface area contributed by atoms with Crippen LogP contribution in [0.15, 0.2) is 0 Å². The van der Waals surface area contributed by atoms with Gasteiger partial charge in [-0.3, -0.25) is 0 Å². The number of unbranched alkanes of at least 4 members (excludes halogenated alkanes) is 9. The van der Waals surface area contributed by atoms with Crippen LogP contribution >= 0.6 is 0 Å². The fourth-order valence-corrected chi connectivity index (χ4v) is 4.79. The number of rotatable bonds is 15. The molecule has 0 aromatic carbocycles. The van der Waals surface area contributed by atoms with E-state index >= 15 is 0 Å². The van der Waals surface area contributed by atoms with Gasteiger partial charge in [-0.1, -0.05) is 71.1 Å². The Balaban J connectivity index is 1.68. The molecule has 2 rings (SSSR count). The van der Waals surface area contributed by atoms with E-state index in [1.54, 1.807) is 0 Å². The van der Waals surface area contributed by atoms with Crippen molar-refractivity contribution in [3.05, 3.63) is 0 Å². The first-order valence-corrected chi connectivity index (χ1v) is 15.3. The van der Waals surface area contributed by atoms with E-state index in [0.717, 1.165) is 6.42 Å². The molecule has 8 nitrogen and oxygen atoms in total. The van der Waals surface area contributed by atoms with E-state index < -0.39 is 11.4 Å². The Bertz CT molecular complexity index is 560. The van der Waals surface area contributed by atoms with Gasteiger partial charge in [0.25, 0.3) is 0 Å². The second-order valence-corrected chi connectivity index (χ2v) is 11.5. The zero-order chi connectivity index (χ0) is 27.4. The van der Waals surface area contributed by atoms with Crippen LogP contribution in [0.3, 0.4) is 0 Å². The van der Waals surface area contributed by atoms with Crippen LogP contribution in [0.2, 0.25) is 0 Å². The van der Waals surface area contributed by atoms with Gasteiger partial charge in [0.05, 0.1) is 78.8 Å². The predicted octanol–water partition coefficient (Wildman–Crippen LogP) is 5.69. The second-order valence-electron chi connectivity index (χ2n) is 11.5. The Morgan fingerprint density at radius 2 is 1.32 bits per heavy atom. The first-order valence-electron chi connectivity index (χ1n) is 15.3. The second kappa shape index (κ2) is 20.5. The van der Waals surface area contributed by atoms with Crippen molar-refractivity contribution in [2.75, 3.05) is 72.7 Å². The molecule has 0 radical (unpaired) electrons. The third kappa shape index (κ3) is 16.7. The van der Waals surface area contributed by atoms with Gasteiger partial charge in [0.15, 0.2) is 5.79 Å². The number of hydrogen-bond acceptors (Lipinski definition) is 8. The molecule has 2 aliphatic rings. The highest BCUT2D eigenvalue weighted by Gasteiger charge is 2.34. The molecule has 2 saturated heterocycles. The molecule has 8 heteroatoms. The van der Waals surface area contributed by atoms with Crippen molar-refractivity contribution in [3.8, 4) is 0 Å². The Morgan fingerprint density at radius 1 is 0.658 bits per heavy atom. The molecular formula is C30H58O8. The summed E-state index contributed by atoms with van der Waals surface area (Å²) in [6.07, 6.45) is 14.4. The normalized spacial score (nSPS) is 28.1. The molecule has 2 fully saturated rings. The maximum Gasteiger partial charge on any atom is 0.163 e. The lowest BCUT2D eigenvalue weighted by atomic mass is 10.0. The van der Waals surface area contributed by atoms with E-state index in [1.807, 2.05) is 20.8 Å². The molecule has 3 atom stereocenters. The summed E-state index contributed by atoms with van der Waals surface area (Å²) in [6.45, 7) is 13.7. The zero-order valence-electron chi connectivity index (χ0n) is 25.0. The van der Waals surface area contributed by atoms with E-state index in [-0.39, 0.29) is 12.2 Å². The van der Waals surface area contributed by atoms with Crippen LogP contribution in [0.1, 0.15) is 98.3 Å². The van der Waals surface area contributed by atoms with Crippen LogP contribution in [0.5, 0.6) is 0 Å². The van der Waals surface area contributed by atoms with Crippen molar-refractivity contribution in [1.82, 2.24) is 0 Å². The average Bonchev–Trinajstić information content (AvgIpc) is 3.23. The highest BCUT2D eigenvalue weighted by Crippen LogP contribution is 2.23. The largest absolute Gasteiger partial charge is 0.377 e. The van der Waals surface area contributed by atoms with Crippen LogP contribution in [0, 0.1) is 0 Å². The van der Waals surface area contributed by atoms with Gasteiger partial charge in [0, 0.05) is 0 Å². The fraction of sp³-hybridized carbons (Fsp3) is 1.00. The maximum absolute atomic E-state index is 6.24. The molecule has 0 saturated carbocycles. The quantitative estimate of drug-likeness (QED) is 0.243. The number of ether oxygens (including phenoxy) is 8. The van der Waals surface area contributed by atoms with Gasteiger partial charge in [-0.2, -0.15) is 0 Å². The minimum absolute atomic E-state index is 0.0694. The molecule has 2 aliphatic heterocycles. The first-order chi connectivity index (χ1) is 18.4. The smallest absolute Gasteiger partial charge is 0.163 e. The van der Waals surface area contributed by atoms with Crippen molar-refractivity contribution in [2.45, 2.75) is 122 Å². The Kier molecular flexibility index (Phi) is 18.3. The van der Waals surface area contributed by atoms with E-state index in [1.165, 1.54) is 64.2 Å². The van der Waals surface area contributed by atoms with E-state index in [2.05, 4.69) is 6.92 Å². The zero-order valence-corrected chi connectivity index (χ0v) is 25.0. The molecule has 0 aromatic heterocycles. The Hall–Kier alpha value is -0.320. The first kappa shape index (κ1) is 33.9. The van der Waals surface area contributed by atoms with E-state index in [4.69, 9.17) is 37.9 Å². The summed E-state index contributed by atoms with van der Waals surface area (Å²) in [5.41, 5.74) is -0.582. The van der Waals surface area contributed by atoms with Gasteiger partial charge in [-0.15, -0.1) is 0 Å². The summed E-state index contributed by atoms with van der Waals surface area (Å²) < 4.78 is 47.2. The third-order valence-corrected chi connectivity index (χ3v) is 7.00. The Labute approximate surface area is 232 Å². The molecule has 0 N–H and O–H groups in total. The molecule has 0 aliphatic carbocycles. The lowest BCUT2D eigenvalue weighted by Gasteiger charge is -2.30. The molecule has 0 amide bonds. The minimum atomic E-state index is -0.582. The van der Waals surface area contributed by atoms with Crippen molar-refractivity contribution in [1.29, 1.82) is 0 Å². The summed E-state index contributed by atoms with van der Waals surface area (Å²) in [4.78, 5) is 0. The monoisotopic (exact) mass is 546 g/mol. The van der Waals surface area contributed by atoms with Crippen molar-refractivity contribution < 1.29 is 37.9 Å². The maximum atomic E-state index is 6.24. The summed E-state index contributed by atoms with van der Waals surface area (Å²) in [6, 6.07) is 0. The molecule has 0 spiro atoms. The Morgan fingerprint density at radius 3 is 2.00 bits per heavy atom. The highest BCUT2D eigenvalue weighted by atomic mass is 16.7. The van der Waals surface area contributed by atoms with Crippen LogP contribution < -0.4 is 0 Å². The van der Waals surface area contributed by atoms with Gasteiger partial charge in [0.1, 0.15) is 11.7 Å². The van der Waals surface area contributed by atoms with Crippen LogP contribution in [0.4, 0.5) is 0 Å². The minimum Gasteiger partial charge on any atom is -0.377 e. The van der Waals surface area contributed by atoms with Crippen LogP contribution in [-0.4, -0.2) is 96.3 Å². The highest BCUT2D eigenvalue weighted by molar-refractivity contribution is 4.76. The molecule has 0 aromatic rings. The SMILES string of the molecule is CCCCCCCCCCCCC1COCCOCCOCC(C)(COCC2COC(C)(C)O2)OCCO1. The average molecular weight is 547 g/mol. The lowest BCUT2D eigenvalue weighted by Crippen LogP contribution is -2.42. The van der Waals surface area contributed by atoms with E-state index in [0.29, 0.717) is 72.7 Å². The number of hydrogen-bond donors (Lipinski definition) is 0. The van der Waals surface area contributed by atoms with Crippen LogP contribution in [-0.2, 0) is 37.9 Å². The van der Waals surface area contributed by atoms with Gasteiger partial charge in [0.2, 0.25) is 0 Å². The summed E-state index contributed by atoms with van der Waals surface area (Å²) in [5.74, 6) is -0.549. The van der Waals surface area contributed by atoms with Gasteiger partial charge in [-0.05, 0) is 27.2 Å². The third-order valence-electron chi connectivity index (χ3n) is 7.00. The predicted molar refractivity (Wildman–Crippen MR) is 149 cm³/mol. The van der Waals surface area contributed by atoms with Gasteiger partial charge < -0.3 is 37.9 Å². The van der Waals surface area contributed by atoms with Crippen molar-refractivity contribution >= 4 is 0 Å². The summed E-state index contributed by atoms with van der Waals surface area (Å²) >= 11 is 0. The molecule has 226 valence electrons. The van der Waals surface area contributed by atoms with Crippen molar-refractivity contribution in [3.63, 3.8) is 0 Å². The lowest BCUT2D eigenvalue weighted by molar-refractivity contribution is -0.161. The standard InChI is InChI=1S/C30H58O8/c1-5-6-7-8-9-10-11-12-13-14-15-27-22-32-18-16-31-17-19-33-25-30(4,36-21-20-35-27)26-34-23-28-24-37-29(2,3)38-28/h27-28H,5-26H2,1-4H3. The van der Waals surface area contributed by atoms with Crippen molar-refractivity contribution in [2.24, 2.45) is 0 Å². The van der Waals surface area contributed by atoms with Crippen LogP contribution in [0.25, 0.3) is 0 Å². The molecule has 38 heavy (non-hydrogen) atoms. The van der Waals surface area contributed by atoms with Gasteiger partial charge in [-0.25, -0.2) is 0 Å². The fourth-order valence-electron chi connectivity index (χ4n) is 4.79. The molecule has 3 unspecified atom stereocenters. The molecular weight excluding hydrogens is 488 g/mol. The summed E-state index contributed by atoms with van der Waals surface area (Å²) in [7, 11) is 0. The topological polar surface area (TPSA) is 73.8 Å².